The Labute approximate surface area is 100 Å². The SMILES string of the molecule is CC.[B]C1(C)C2=C(CCC1C)N(C)C(=O)C2. The quantitative estimate of drug-likeness (QED) is 0.573. The number of rotatable bonds is 0. The zero-order valence-electron chi connectivity index (χ0n) is 11.1. The second-order valence-corrected chi connectivity index (χ2v) is 4.78. The van der Waals surface area contributed by atoms with Gasteiger partial charge < -0.3 is 4.90 Å². The van der Waals surface area contributed by atoms with E-state index in [0.29, 0.717) is 12.3 Å². The molecule has 1 heterocycles. The standard InChI is InChI=1S/C11H16BNO.C2H6/c1-7-4-5-9-8(11(7,2)12)6-10(14)13(9)3;1-2/h7H,4-6H2,1-3H3;1-2H3. The van der Waals surface area contributed by atoms with Gasteiger partial charge in [-0.3, -0.25) is 4.79 Å². The first kappa shape index (κ1) is 13.3. The lowest BCUT2D eigenvalue weighted by Crippen LogP contribution is -2.26. The highest BCUT2D eigenvalue weighted by Gasteiger charge is 2.41. The number of amides is 1. The largest absolute Gasteiger partial charge is 0.319 e. The van der Waals surface area contributed by atoms with Crippen LogP contribution in [0.1, 0.15) is 47.0 Å². The van der Waals surface area contributed by atoms with Crippen LogP contribution in [0.3, 0.4) is 0 Å². The first-order valence-corrected chi connectivity index (χ1v) is 6.22. The molecule has 0 aromatic rings. The second-order valence-electron chi connectivity index (χ2n) is 4.78. The van der Waals surface area contributed by atoms with Crippen LogP contribution in [-0.2, 0) is 4.79 Å². The van der Waals surface area contributed by atoms with Crippen LogP contribution < -0.4 is 0 Å². The molecule has 0 spiro atoms. The average molecular weight is 219 g/mol. The van der Waals surface area contributed by atoms with Crippen LogP contribution in [0.4, 0.5) is 0 Å². The molecule has 1 aliphatic carbocycles. The van der Waals surface area contributed by atoms with Crippen molar-refractivity contribution in [2.24, 2.45) is 5.92 Å². The minimum atomic E-state index is -0.284. The summed E-state index contributed by atoms with van der Waals surface area (Å²) >= 11 is 0. The van der Waals surface area contributed by atoms with Gasteiger partial charge in [0.25, 0.3) is 0 Å². The molecular formula is C13H22BNO. The van der Waals surface area contributed by atoms with Gasteiger partial charge in [0, 0.05) is 19.2 Å². The maximum atomic E-state index is 11.6. The zero-order chi connectivity index (χ0) is 12.5. The first-order valence-electron chi connectivity index (χ1n) is 6.22. The van der Waals surface area contributed by atoms with Gasteiger partial charge in [-0.2, -0.15) is 0 Å². The molecule has 0 aromatic heterocycles. The second kappa shape index (κ2) is 4.64. The lowest BCUT2D eigenvalue weighted by atomic mass is 9.54. The number of hydrogen-bond donors (Lipinski definition) is 0. The van der Waals surface area contributed by atoms with Crippen LogP contribution in [0, 0.1) is 5.92 Å². The number of allylic oxidation sites excluding steroid dienone is 1. The molecule has 0 bridgehead atoms. The van der Waals surface area contributed by atoms with Crippen molar-refractivity contribution in [3.05, 3.63) is 11.3 Å². The van der Waals surface area contributed by atoms with Crippen LogP contribution in [0.2, 0.25) is 5.31 Å². The topological polar surface area (TPSA) is 20.3 Å². The third-order valence-corrected chi connectivity index (χ3v) is 3.94. The number of nitrogens with zero attached hydrogens (tertiary/aromatic N) is 1. The normalized spacial score (nSPS) is 33.4. The van der Waals surface area contributed by atoms with E-state index in [0.717, 1.165) is 12.8 Å². The predicted molar refractivity (Wildman–Crippen MR) is 68.3 cm³/mol. The molecule has 2 nitrogen and oxygen atoms in total. The number of carbonyl (C=O) groups excluding carboxylic acids is 1. The van der Waals surface area contributed by atoms with Crippen LogP contribution in [0.15, 0.2) is 11.3 Å². The molecule has 0 saturated heterocycles. The van der Waals surface area contributed by atoms with Gasteiger partial charge in [-0.1, -0.05) is 27.7 Å². The van der Waals surface area contributed by atoms with Crippen molar-refractivity contribution in [3.63, 3.8) is 0 Å². The molecule has 0 fully saturated rings. The Bertz CT molecular complexity index is 320. The van der Waals surface area contributed by atoms with E-state index in [1.54, 1.807) is 4.90 Å². The van der Waals surface area contributed by atoms with E-state index in [1.165, 1.54) is 11.3 Å². The Morgan fingerprint density at radius 1 is 1.44 bits per heavy atom. The molecule has 1 aliphatic heterocycles. The maximum Gasteiger partial charge on any atom is 0.230 e. The van der Waals surface area contributed by atoms with Crippen molar-refractivity contribution < 1.29 is 4.79 Å². The van der Waals surface area contributed by atoms with Crippen LogP contribution in [0.5, 0.6) is 0 Å². The molecule has 2 unspecified atom stereocenters. The number of hydrogen-bond acceptors (Lipinski definition) is 1. The third kappa shape index (κ3) is 1.92. The van der Waals surface area contributed by atoms with Gasteiger partial charge in [-0.15, -0.1) is 0 Å². The summed E-state index contributed by atoms with van der Waals surface area (Å²) in [7, 11) is 8.15. The van der Waals surface area contributed by atoms with Gasteiger partial charge in [0.2, 0.25) is 5.91 Å². The lowest BCUT2D eigenvalue weighted by Gasteiger charge is -2.39. The molecule has 0 saturated carbocycles. The maximum absolute atomic E-state index is 11.6. The van der Waals surface area contributed by atoms with Crippen molar-refractivity contribution >= 4 is 13.8 Å². The number of carbonyl (C=O) groups is 1. The van der Waals surface area contributed by atoms with Gasteiger partial charge >= 0.3 is 0 Å². The summed E-state index contributed by atoms with van der Waals surface area (Å²) in [6.45, 7) is 8.23. The van der Waals surface area contributed by atoms with E-state index in [4.69, 9.17) is 7.85 Å². The summed E-state index contributed by atoms with van der Waals surface area (Å²) < 4.78 is 0. The monoisotopic (exact) mass is 219 g/mol. The predicted octanol–water partition coefficient (Wildman–Crippen LogP) is 2.91. The molecule has 2 radical (unpaired) electrons. The molecule has 88 valence electrons. The fraction of sp³-hybridized carbons (Fsp3) is 0.769. The summed E-state index contributed by atoms with van der Waals surface area (Å²) in [6.07, 6.45) is 2.62. The summed E-state index contributed by atoms with van der Waals surface area (Å²) in [5.74, 6) is 0.668. The molecule has 2 atom stereocenters. The average Bonchev–Trinajstić information content (AvgIpc) is 2.55. The minimum absolute atomic E-state index is 0.195. The summed E-state index contributed by atoms with van der Waals surface area (Å²) in [4.78, 5) is 13.3. The fourth-order valence-corrected chi connectivity index (χ4v) is 2.50. The summed E-state index contributed by atoms with van der Waals surface area (Å²) in [6, 6.07) is 0. The highest BCUT2D eigenvalue weighted by molar-refractivity contribution is 6.18. The summed E-state index contributed by atoms with van der Waals surface area (Å²) in [5, 5.41) is -0.284. The van der Waals surface area contributed by atoms with Gasteiger partial charge in [-0.05, 0) is 29.6 Å². The van der Waals surface area contributed by atoms with Crippen molar-refractivity contribution in [3.8, 4) is 0 Å². The zero-order valence-corrected chi connectivity index (χ0v) is 11.1. The van der Waals surface area contributed by atoms with E-state index in [1.807, 2.05) is 20.9 Å². The Kier molecular flexibility index (Phi) is 3.87. The molecule has 2 aliphatic rings. The Hall–Kier alpha value is -0.725. The fourth-order valence-electron chi connectivity index (χ4n) is 2.50. The van der Waals surface area contributed by atoms with E-state index >= 15 is 0 Å². The van der Waals surface area contributed by atoms with Crippen LogP contribution in [0.25, 0.3) is 0 Å². The van der Waals surface area contributed by atoms with E-state index < -0.39 is 0 Å². The Morgan fingerprint density at radius 2 is 2.00 bits per heavy atom. The van der Waals surface area contributed by atoms with Crippen molar-refractivity contribution in [1.82, 2.24) is 4.90 Å². The van der Waals surface area contributed by atoms with Gasteiger partial charge in [0.1, 0.15) is 0 Å². The highest BCUT2D eigenvalue weighted by Crippen LogP contribution is 2.52. The van der Waals surface area contributed by atoms with E-state index in [9.17, 15) is 4.79 Å². The van der Waals surface area contributed by atoms with Crippen molar-refractivity contribution in [2.45, 2.75) is 52.3 Å². The molecular weight excluding hydrogens is 197 g/mol. The van der Waals surface area contributed by atoms with Gasteiger partial charge in [-0.25, -0.2) is 0 Å². The van der Waals surface area contributed by atoms with Crippen LogP contribution in [-0.4, -0.2) is 25.7 Å². The van der Waals surface area contributed by atoms with Gasteiger partial charge in [0.05, 0.1) is 7.85 Å². The third-order valence-electron chi connectivity index (χ3n) is 3.94. The smallest absolute Gasteiger partial charge is 0.230 e. The lowest BCUT2D eigenvalue weighted by molar-refractivity contribution is -0.126. The van der Waals surface area contributed by atoms with Crippen LogP contribution >= 0.6 is 0 Å². The molecule has 0 aromatic carbocycles. The molecule has 2 rings (SSSR count). The summed E-state index contributed by atoms with van der Waals surface area (Å²) in [5.41, 5.74) is 2.35. The van der Waals surface area contributed by atoms with Gasteiger partial charge in [0.15, 0.2) is 0 Å². The molecule has 0 N–H and O–H groups in total. The first-order chi connectivity index (χ1) is 7.44. The molecule has 3 heteroatoms. The van der Waals surface area contributed by atoms with Crippen molar-refractivity contribution in [2.75, 3.05) is 7.05 Å². The Morgan fingerprint density at radius 3 is 2.56 bits per heavy atom. The van der Waals surface area contributed by atoms with E-state index in [-0.39, 0.29) is 11.2 Å². The van der Waals surface area contributed by atoms with Crippen molar-refractivity contribution in [1.29, 1.82) is 0 Å². The highest BCUT2D eigenvalue weighted by atomic mass is 16.2. The van der Waals surface area contributed by atoms with E-state index in [2.05, 4.69) is 13.8 Å². The molecule has 1 amide bonds. The Balaban J connectivity index is 0.000000606. The molecule has 16 heavy (non-hydrogen) atoms. The minimum Gasteiger partial charge on any atom is -0.319 e.